The van der Waals surface area contributed by atoms with Crippen molar-refractivity contribution in [2.45, 2.75) is 32.2 Å². The summed E-state index contributed by atoms with van der Waals surface area (Å²) < 4.78 is 0. The van der Waals surface area contributed by atoms with E-state index in [9.17, 15) is 4.79 Å². The second-order valence-electron chi connectivity index (χ2n) is 5.13. The van der Waals surface area contributed by atoms with E-state index in [-0.39, 0.29) is 5.78 Å². The van der Waals surface area contributed by atoms with Gasteiger partial charge < -0.3 is 5.73 Å². The first kappa shape index (κ1) is 14.4. The van der Waals surface area contributed by atoms with Gasteiger partial charge in [-0.15, -0.1) is 0 Å². The number of pyridine rings is 1. The van der Waals surface area contributed by atoms with Crippen LogP contribution in [0.5, 0.6) is 0 Å². The molecule has 2 rings (SSSR count). The lowest BCUT2D eigenvalue weighted by molar-refractivity contribution is -0.120. The summed E-state index contributed by atoms with van der Waals surface area (Å²) in [6, 6.07) is 11.5. The predicted octanol–water partition coefficient (Wildman–Crippen LogP) is 2.46. The molecule has 0 spiro atoms. The molecule has 1 atom stereocenters. The van der Waals surface area contributed by atoms with Gasteiger partial charge in [-0.1, -0.05) is 36.4 Å². The van der Waals surface area contributed by atoms with Crippen molar-refractivity contribution in [2.24, 2.45) is 5.73 Å². The van der Waals surface area contributed by atoms with Crippen LogP contribution in [0.2, 0.25) is 0 Å². The zero-order valence-electron chi connectivity index (χ0n) is 11.8. The number of hydrogen-bond donors (Lipinski definition) is 1. The third kappa shape index (κ3) is 4.28. The zero-order valence-corrected chi connectivity index (χ0v) is 11.8. The Morgan fingerprint density at radius 2 is 1.95 bits per heavy atom. The van der Waals surface area contributed by atoms with E-state index in [2.05, 4.69) is 11.1 Å². The summed E-state index contributed by atoms with van der Waals surface area (Å²) in [5.41, 5.74) is 9.28. The summed E-state index contributed by atoms with van der Waals surface area (Å²) in [6.45, 7) is 2.00. The number of aryl methyl sites for hydroxylation is 2. The molecular formula is C17H20N2O. The molecule has 0 aliphatic heterocycles. The van der Waals surface area contributed by atoms with E-state index in [1.165, 1.54) is 0 Å². The van der Waals surface area contributed by atoms with Gasteiger partial charge in [0.05, 0.1) is 6.04 Å². The van der Waals surface area contributed by atoms with Crippen LogP contribution in [0.15, 0.2) is 48.8 Å². The third-order valence-corrected chi connectivity index (χ3v) is 3.30. The fourth-order valence-electron chi connectivity index (χ4n) is 2.19. The van der Waals surface area contributed by atoms with Gasteiger partial charge in [-0.3, -0.25) is 9.78 Å². The van der Waals surface area contributed by atoms with Gasteiger partial charge in [-0.25, -0.2) is 0 Å². The van der Waals surface area contributed by atoms with Gasteiger partial charge in [0.15, 0.2) is 0 Å². The molecule has 1 aromatic carbocycles. The molecule has 1 aromatic heterocycles. The number of nitrogens with two attached hydrogens (primary N) is 1. The van der Waals surface area contributed by atoms with E-state index in [0.29, 0.717) is 19.3 Å². The van der Waals surface area contributed by atoms with Crippen LogP contribution in [0, 0.1) is 6.92 Å². The van der Waals surface area contributed by atoms with E-state index in [1.807, 2.05) is 49.6 Å². The summed E-state index contributed by atoms with van der Waals surface area (Å²) in [4.78, 5) is 16.2. The van der Waals surface area contributed by atoms with Crippen LogP contribution in [-0.4, -0.2) is 16.8 Å². The molecule has 104 valence electrons. The number of ketones is 1. The van der Waals surface area contributed by atoms with Crippen LogP contribution in [0.25, 0.3) is 0 Å². The molecule has 2 aromatic rings. The number of rotatable bonds is 6. The summed E-state index contributed by atoms with van der Waals surface area (Å²) in [7, 11) is 0. The number of nitrogens with zero attached hydrogens (tertiary/aromatic N) is 1. The van der Waals surface area contributed by atoms with Crippen LogP contribution in [0.1, 0.15) is 23.1 Å². The first-order chi connectivity index (χ1) is 9.65. The van der Waals surface area contributed by atoms with E-state index < -0.39 is 6.04 Å². The highest BCUT2D eigenvalue weighted by molar-refractivity contribution is 5.84. The lowest BCUT2D eigenvalue weighted by atomic mass is 9.99. The van der Waals surface area contributed by atoms with Crippen molar-refractivity contribution in [3.63, 3.8) is 0 Å². The molecule has 0 amide bonds. The Kier molecular flexibility index (Phi) is 5.02. The number of benzene rings is 1. The molecule has 0 bridgehead atoms. The fourth-order valence-corrected chi connectivity index (χ4v) is 2.19. The highest BCUT2D eigenvalue weighted by Crippen LogP contribution is 2.08. The predicted molar refractivity (Wildman–Crippen MR) is 80.4 cm³/mol. The minimum Gasteiger partial charge on any atom is -0.321 e. The first-order valence-corrected chi connectivity index (χ1v) is 6.88. The third-order valence-electron chi connectivity index (χ3n) is 3.30. The van der Waals surface area contributed by atoms with Gasteiger partial charge in [0, 0.05) is 18.8 Å². The van der Waals surface area contributed by atoms with E-state index >= 15 is 0 Å². The molecular weight excluding hydrogens is 248 g/mol. The number of Topliss-reactive ketones (excluding diaryl/α,β-unsaturated/α-hetero) is 1. The molecule has 0 saturated heterocycles. The molecule has 0 aliphatic carbocycles. The van der Waals surface area contributed by atoms with Crippen molar-refractivity contribution < 1.29 is 4.79 Å². The molecule has 0 aliphatic rings. The minimum atomic E-state index is -0.421. The average molecular weight is 268 g/mol. The van der Waals surface area contributed by atoms with Gasteiger partial charge in [-0.05, 0) is 36.5 Å². The lowest BCUT2D eigenvalue weighted by Gasteiger charge is -2.10. The molecule has 20 heavy (non-hydrogen) atoms. The maximum absolute atomic E-state index is 12.1. The van der Waals surface area contributed by atoms with Gasteiger partial charge in [0.1, 0.15) is 5.78 Å². The van der Waals surface area contributed by atoms with Crippen molar-refractivity contribution in [1.82, 2.24) is 4.98 Å². The highest BCUT2D eigenvalue weighted by Gasteiger charge is 2.13. The SMILES string of the molecule is Cc1cncc(CCC(=O)C(N)Cc2ccccc2)c1. The van der Waals surface area contributed by atoms with Gasteiger partial charge in [0.25, 0.3) is 0 Å². The Morgan fingerprint density at radius 1 is 1.20 bits per heavy atom. The lowest BCUT2D eigenvalue weighted by Crippen LogP contribution is -2.32. The van der Waals surface area contributed by atoms with Crippen molar-refractivity contribution in [1.29, 1.82) is 0 Å². The maximum atomic E-state index is 12.1. The van der Waals surface area contributed by atoms with E-state index in [4.69, 9.17) is 5.73 Å². The Balaban J connectivity index is 1.85. The number of hydrogen-bond acceptors (Lipinski definition) is 3. The number of carbonyl (C=O) groups is 1. The smallest absolute Gasteiger partial charge is 0.150 e. The quantitative estimate of drug-likeness (QED) is 0.875. The molecule has 3 heteroatoms. The van der Waals surface area contributed by atoms with Crippen molar-refractivity contribution in [2.75, 3.05) is 0 Å². The highest BCUT2D eigenvalue weighted by atomic mass is 16.1. The molecule has 1 heterocycles. The molecule has 0 radical (unpaired) electrons. The average Bonchev–Trinajstić information content (AvgIpc) is 2.46. The fraction of sp³-hybridized carbons (Fsp3) is 0.294. The summed E-state index contributed by atoms with van der Waals surface area (Å²) in [6.07, 6.45) is 5.40. The second kappa shape index (κ2) is 6.96. The van der Waals surface area contributed by atoms with Gasteiger partial charge >= 0.3 is 0 Å². The standard InChI is InChI=1S/C17H20N2O/c1-13-9-15(12-19-11-13)7-8-17(20)16(18)10-14-5-3-2-4-6-14/h2-6,9,11-12,16H,7-8,10,18H2,1H3. The van der Waals surface area contributed by atoms with E-state index in [1.54, 1.807) is 0 Å². The van der Waals surface area contributed by atoms with Crippen molar-refractivity contribution in [3.05, 3.63) is 65.5 Å². The van der Waals surface area contributed by atoms with Crippen LogP contribution in [-0.2, 0) is 17.6 Å². The summed E-state index contributed by atoms with van der Waals surface area (Å²) in [5, 5.41) is 0. The summed E-state index contributed by atoms with van der Waals surface area (Å²) >= 11 is 0. The normalized spacial score (nSPS) is 12.1. The van der Waals surface area contributed by atoms with E-state index in [0.717, 1.165) is 16.7 Å². The van der Waals surface area contributed by atoms with Crippen molar-refractivity contribution in [3.8, 4) is 0 Å². The first-order valence-electron chi connectivity index (χ1n) is 6.88. The Morgan fingerprint density at radius 3 is 2.65 bits per heavy atom. The van der Waals surface area contributed by atoms with Crippen molar-refractivity contribution >= 4 is 5.78 Å². The maximum Gasteiger partial charge on any atom is 0.150 e. The molecule has 3 nitrogen and oxygen atoms in total. The van der Waals surface area contributed by atoms with Gasteiger partial charge in [-0.2, -0.15) is 0 Å². The topological polar surface area (TPSA) is 56.0 Å². The molecule has 0 fully saturated rings. The van der Waals surface area contributed by atoms with Crippen LogP contribution < -0.4 is 5.73 Å². The number of carbonyl (C=O) groups excluding carboxylic acids is 1. The minimum absolute atomic E-state index is 0.107. The Bertz CT molecular complexity index is 566. The summed E-state index contributed by atoms with van der Waals surface area (Å²) in [5.74, 6) is 0.107. The zero-order chi connectivity index (χ0) is 14.4. The van der Waals surface area contributed by atoms with Gasteiger partial charge in [0.2, 0.25) is 0 Å². The second-order valence-corrected chi connectivity index (χ2v) is 5.13. The largest absolute Gasteiger partial charge is 0.321 e. The Hall–Kier alpha value is -2.00. The Labute approximate surface area is 119 Å². The monoisotopic (exact) mass is 268 g/mol. The molecule has 2 N–H and O–H groups in total. The van der Waals surface area contributed by atoms with Crippen LogP contribution >= 0.6 is 0 Å². The van der Waals surface area contributed by atoms with Crippen LogP contribution in [0.3, 0.4) is 0 Å². The number of aromatic nitrogens is 1. The molecule has 0 saturated carbocycles. The van der Waals surface area contributed by atoms with Crippen LogP contribution in [0.4, 0.5) is 0 Å². The molecule has 1 unspecified atom stereocenters.